The van der Waals surface area contributed by atoms with Crippen LogP contribution < -0.4 is 10.6 Å². The molecule has 3 N–H and O–H groups in total. The third-order valence-electron chi connectivity index (χ3n) is 3.31. The van der Waals surface area contributed by atoms with Gasteiger partial charge in [0.05, 0.1) is 0 Å². The summed E-state index contributed by atoms with van der Waals surface area (Å²) in [5.74, 6) is 0. The number of benzene rings is 1. The molecule has 1 aromatic heterocycles. The third kappa shape index (κ3) is 5.55. The highest BCUT2D eigenvalue weighted by Gasteiger charge is 2.15. The number of amides is 1. The Morgan fingerprint density at radius 3 is 2.74 bits per heavy atom. The second-order valence-corrected chi connectivity index (χ2v) is 7.48. The number of aromatic nitrogens is 1. The first-order valence-electron chi connectivity index (χ1n) is 7.73. The topological polar surface area (TPSA) is 66.2 Å². The smallest absolute Gasteiger partial charge is 0.407 e. The molecule has 23 heavy (non-hydrogen) atoms. The minimum Gasteiger partial charge on any atom is -0.444 e. The van der Waals surface area contributed by atoms with Crippen LogP contribution in [-0.2, 0) is 4.74 Å². The average molecular weight is 382 g/mol. The molecule has 1 amide bonds. The number of alkyl carbamates (subject to hydrolysis) is 1. The van der Waals surface area contributed by atoms with Crippen LogP contribution in [0.5, 0.6) is 0 Å². The van der Waals surface area contributed by atoms with Crippen LogP contribution in [0.1, 0.15) is 39.4 Å². The number of hydrogen-bond donors (Lipinski definition) is 3. The molecule has 2 rings (SSSR count). The maximum atomic E-state index is 11.6. The fraction of sp³-hybridized carbons (Fsp3) is 0.471. The fourth-order valence-corrected chi connectivity index (χ4v) is 2.62. The molecule has 1 aromatic carbocycles. The minimum atomic E-state index is -0.469. The predicted octanol–water partition coefficient (Wildman–Crippen LogP) is 4.11. The number of H-pyrrole nitrogens is 1. The lowest BCUT2D eigenvalue weighted by molar-refractivity contribution is 0.0528. The maximum absolute atomic E-state index is 11.6. The molecule has 0 radical (unpaired) electrons. The molecular formula is C17H24BrN3O2. The summed E-state index contributed by atoms with van der Waals surface area (Å²) in [5, 5.41) is 7.30. The van der Waals surface area contributed by atoms with Crippen molar-refractivity contribution >= 4 is 32.9 Å². The van der Waals surface area contributed by atoms with E-state index in [0.29, 0.717) is 13.1 Å². The van der Waals surface area contributed by atoms with E-state index >= 15 is 0 Å². The van der Waals surface area contributed by atoms with Crippen molar-refractivity contribution in [2.75, 3.05) is 13.1 Å². The second kappa shape index (κ2) is 7.36. The lowest BCUT2D eigenvalue weighted by Crippen LogP contribution is -2.36. The standard InChI is InChI=1S/C17H24BrN3O2/c1-11(19-7-8-20-16(22)23-17(2,3)4)15-10-12-9-13(18)5-6-14(12)21-15/h5-6,9-11,19,21H,7-8H2,1-4H3,(H,20,22). The molecule has 0 aliphatic carbocycles. The first kappa shape index (κ1) is 17.8. The number of carbonyl (C=O) groups excluding carboxylic acids is 1. The lowest BCUT2D eigenvalue weighted by atomic mass is 10.2. The van der Waals surface area contributed by atoms with E-state index < -0.39 is 5.60 Å². The Hall–Kier alpha value is -1.53. The van der Waals surface area contributed by atoms with Gasteiger partial charge >= 0.3 is 6.09 Å². The van der Waals surface area contributed by atoms with Gasteiger partial charge in [0.2, 0.25) is 0 Å². The van der Waals surface area contributed by atoms with Crippen molar-refractivity contribution in [3.05, 3.63) is 34.4 Å². The van der Waals surface area contributed by atoms with Gasteiger partial charge in [-0.2, -0.15) is 0 Å². The van der Waals surface area contributed by atoms with Crippen LogP contribution in [0.2, 0.25) is 0 Å². The molecule has 0 aliphatic heterocycles. The second-order valence-electron chi connectivity index (χ2n) is 6.56. The Bertz CT molecular complexity index is 676. The molecule has 1 heterocycles. The van der Waals surface area contributed by atoms with Gasteiger partial charge in [-0.05, 0) is 52.0 Å². The first-order valence-corrected chi connectivity index (χ1v) is 8.52. The van der Waals surface area contributed by atoms with Crippen LogP contribution in [0, 0.1) is 0 Å². The van der Waals surface area contributed by atoms with E-state index in [9.17, 15) is 4.79 Å². The molecule has 0 fully saturated rings. The van der Waals surface area contributed by atoms with E-state index in [1.165, 1.54) is 5.39 Å². The van der Waals surface area contributed by atoms with E-state index in [0.717, 1.165) is 15.7 Å². The van der Waals surface area contributed by atoms with Gasteiger partial charge in [0.1, 0.15) is 5.60 Å². The van der Waals surface area contributed by atoms with E-state index in [-0.39, 0.29) is 12.1 Å². The number of nitrogens with one attached hydrogen (secondary N) is 3. The van der Waals surface area contributed by atoms with Gasteiger partial charge in [-0.3, -0.25) is 0 Å². The first-order chi connectivity index (χ1) is 10.7. The summed E-state index contributed by atoms with van der Waals surface area (Å²) in [5.41, 5.74) is 1.77. The predicted molar refractivity (Wildman–Crippen MR) is 96.7 cm³/mol. The molecule has 0 saturated carbocycles. The highest BCUT2D eigenvalue weighted by molar-refractivity contribution is 9.10. The molecule has 1 atom stereocenters. The minimum absolute atomic E-state index is 0.168. The van der Waals surface area contributed by atoms with Gasteiger partial charge in [0.25, 0.3) is 0 Å². The summed E-state index contributed by atoms with van der Waals surface area (Å²) in [6, 6.07) is 8.47. The monoisotopic (exact) mass is 381 g/mol. The summed E-state index contributed by atoms with van der Waals surface area (Å²) in [6.45, 7) is 8.82. The Labute approximate surface area is 145 Å². The summed E-state index contributed by atoms with van der Waals surface area (Å²) in [4.78, 5) is 15.0. The van der Waals surface area contributed by atoms with Crippen LogP contribution in [0.15, 0.2) is 28.7 Å². The van der Waals surface area contributed by atoms with E-state index in [2.05, 4.69) is 56.7 Å². The van der Waals surface area contributed by atoms with E-state index in [1.807, 2.05) is 26.8 Å². The maximum Gasteiger partial charge on any atom is 0.407 e. The van der Waals surface area contributed by atoms with Crippen molar-refractivity contribution < 1.29 is 9.53 Å². The Kier molecular flexibility index (Phi) is 5.70. The molecule has 126 valence electrons. The zero-order chi connectivity index (χ0) is 17.0. The van der Waals surface area contributed by atoms with Gasteiger partial charge in [-0.1, -0.05) is 15.9 Å². The van der Waals surface area contributed by atoms with Gasteiger partial charge in [-0.25, -0.2) is 4.79 Å². The van der Waals surface area contributed by atoms with Crippen molar-refractivity contribution in [2.45, 2.75) is 39.3 Å². The van der Waals surface area contributed by atoms with Crippen molar-refractivity contribution in [1.82, 2.24) is 15.6 Å². The molecule has 6 heteroatoms. The van der Waals surface area contributed by atoms with Crippen molar-refractivity contribution in [2.24, 2.45) is 0 Å². The van der Waals surface area contributed by atoms with Crippen LogP contribution in [0.4, 0.5) is 4.79 Å². The van der Waals surface area contributed by atoms with Crippen molar-refractivity contribution in [3.8, 4) is 0 Å². The largest absolute Gasteiger partial charge is 0.444 e. The molecule has 0 bridgehead atoms. The Morgan fingerprint density at radius 1 is 1.30 bits per heavy atom. The zero-order valence-electron chi connectivity index (χ0n) is 14.0. The van der Waals surface area contributed by atoms with E-state index in [1.54, 1.807) is 0 Å². The zero-order valence-corrected chi connectivity index (χ0v) is 15.6. The number of halogens is 1. The summed E-state index contributed by atoms with van der Waals surface area (Å²) < 4.78 is 6.26. The number of fused-ring (bicyclic) bond motifs is 1. The van der Waals surface area contributed by atoms with Crippen LogP contribution in [0.25, 0.3) is 10.9 Å². The van der Waals surface area contributed by atoms with E-state index in [4.69, 9.17) is 4.74 Å². The van der Waals surface area contributed by atoms with Crippen LogP contribution in [0.3, 0.4) is 0 Å². The van der Waals surface area contributed by atoms with Gasteiger partial charge in [-0.15, -0.1) is 0 Å². The molecule has 0 spiro atoms. The van der Waals surface area contributed by atoms with Gasteiger partial charge in [0.15, 0.2) is 0 Å². The molecule has 0 saturated heterocycles. The fourth-order valence-electron chi connectivity index (χ4n) is 2.24. The Morgan fingerprint density at radius 2 is 2.04 bits per heavy atom. The number of rotatable bonds is 5. The third-order valence-corrected chi connectivity index (χ3v) is 3.81. The highest BCUT2D eigenvalue weighted by atomic mass is 79.9. The van der Waals surface area contributed by atoms with Crippen LogP contribution >= 0.6 is 15.9 Å². The normalized spacial score (nSPS) is 13.1. The molecule has 2 aromatic rings. The summed E-state index contributed by atoms with van der Waals surface area (Å²) in [6.07, 6.45) is -0.387. The number of ether oxygens (including phenoxy) is 1. The molecular weight excluding hydrogens is 358 g/mol. The van der Waals surface area contributed by atoms with Crippen molar-refractivity contribution in [1.29, 1.82) is 0 Å². The van der Waals surface area contributed by atoms with Crippen LogP contribution in [-0.4, -0.2) is 29.8 Å². The van der Waals surface area contributed by atoms with Gasteiger partial charge in [0, 0.05) is 40.2 Å². The number of aromatic amines is 1. The molecule has 5 nitrogen and oxygen atoms in total. The Balaban J connectivity index is 1.80. The summed E-state index contributed by atoms with van der Waals surface area (Å²) >= 11 is 3.48. The molecule has 0 aliphatic rings. The average Bonchev–Trinajstić information content (AvgIpc) is 2.84. The highest BCUT2D eigenvalue weighted by Crippen LogP contribution is 2.23. The van der Waals surface area contributed by atoms with Crippen molar-refractivity contribution in [3.63, 3.8) is 0 Å². The number of hydrogen-bond acceptors (Lipinski definition) is 3. The number of carbonyl (C=O) groups is 1. The van der Waals surface area contributed by atoms with Gasteiger partial charge < -0.3 is 20.4 Å². The quantitative estimate of drug-likeness (QED) is 0.682. The lowest BCUT2D eigenvalue weighted by Gasteiger charge is -2.20. The SMILES string of the molecule is CC(NCCNC(=O)OC(C)(C)C)c1cc2cc(Br)ccc2[nH]1. The molecule has 1 unspecified atom stereocenters. The summed E-state index contributed by atoms with van der Waals surface area (Å²) in [7, 11) is 0.